The zero-order valence-corrected chi connectivity index (χ0v) is 13.2. The fraction of sp³-hybridized carbons (Fsp3) is 0.0556. The summed E-state index contributed by atoms with van der Waals surface area (Å²) < 4.78 is 6.31. The third kappa shape index (κ3) is 2.33. The minimum absolute atomic E-state index is 0.202. The van der Waals surface area contributed by atoms with Crippen molar-refractivity contribution in [2.45, 2.75) is 6.92 Å². The van der Waals surface area contributed by atoms with Crippen LogP contribution in [0.2, 0.25) is 0 Å². The number of benzene rings is 2. The standard InChI is InChI=1S/C18H12N3O4/c1-11(22)25-13-8-6-12(7-9-13)20-17(23)16-10-19-14-4-2-3-5-15(14)21(16)18(20)24/h2-10H,1H3/q+1. The van der Waals surface area contributed by atoms with Gasteiger partial charge in [-0.3, -0.25) is 4.79 Å². The van der Waals surface area contributed by atoms with Crippen molar-refractivity contribution in [3.05, 3.63) is 60.4 Å². The number of aromatic nitrogens is 2. The first-order chi connectivity index (χ1) is 12.1. The van der Waals surface area contributed by atoms with Crippen LogP contribution in [0.25, 0.3) is 11.0 Å². The fourth-order valence-corrected chi connectivity index (χ4v) is 2.80. The molecule has 0 unspecified atom stereocenters. The molecule has 2 heterocycles. The van der Waals surface area contributed by atoms with Crippen molar-refractivity contribution in [2.75, 3.05) is 4.90 Å². The van der Waals surface area contributed by atoms with Crippen LogP contribution in [0, 0.1) is 0 Å². The first-order valence-corrected chi connectivity index (χ1v) is 7.53. The Kier molecular flexibility index (Phi) is 3.28. The Morgan fingerprint density at radius 3 is 2.52 bits per heavy atom. The number of hydrogen-bond acceptors (Lipinski definition) is 5. The Bertz CT molecular complexity index is 1040. The number of esters is 1. The summed E-state index contributed by atoms with van der Waals surface area (Å²) in [5.74, 6) is -0.558. The SMILES string of the molecule is CC(=O)Oc1ccc(N2C(=O)c3cnc4ccccc4[n+]3C2=O)cc1. The molecule has 1 aliphatic heterocycles. The number of fused-ring (bicyclic) bond motifs is 3. The number of nitrogens with zero attached hydrogens (tertiary/aromatic N) is 3. The van der Waals surface area contributed by atoms with Crippen molar-refractivity contribution in [1.82, 2.24) is 4.98 Å². The Labute approximate surface area is 142 Å². The number of ether oxygens (including phenoxy) is 1. The maximum Gasteiger partial charge on any atom is 0.512 e. The van der Waals surface area contributed by atoms with E-state index in [0.717, 1.165) is 4.90 Å². The number of amides is 2. The molecular formula is C18H12N3O4+. The van der Waals surface area contributed by atoms with E-state index in [1.807, 2.05) is 6.07 Å². The van der Waals surface area contributed by atoms with Crippen LogP contribution in [0.4, 0.5) is 10.5 Å². The summed E-state index contributed by atoms with van der Waals surface area (Å²) in [6.45, 7) is 1.30. The van der Waals surface area contributed by atoms with E-state index in [-0.39, 0.29) is 5.69 Å². The number of para-hydroxylation sites is 2. The van der Waals surface area contributed by atoms with Crippen molar-refractivity contribution in [2.24, 2.45) is 0 Å². The number of carbonyl (C=O) groups excluding carboxylic acids is 3. The van der Waals surface area contributed by atoms with Gasteiger partial charge in [0.25, 0.3) is 0 Å². The van der Waals surface area contributed by atoms with Crippen LogP contribution in [-0.2, 0) is 4.79 Å². The Morgan fingerprint density at radius 1 is 1.08 bits per heavy atom. The zero-order chi connectivity index (χ0) is 17.6. The number of rotatable bonds is 2. The highest BCUT2D eigenvalue weighted by Crippen LogP contribution is 2.24. The van der Waals surface area contributed by atoms with Crippen molar-refractivity contribution < 1.29 is 23.7 Å². The first-order valence-electron chi connectivity index (χ1n) is 7.53. The van der Waals surface area contributed by atoms with Gasteiger partial charge in [0.15, 0.2) is 5.52 Å². The first kappa shape index (κ1) is 14.9. The predicted octanol–water partition coefficient (Wildman–Crippen LogP) is 2.08. The van der Waals surface area contributed by atoms with Gasteiger partial charge in [0.2, 0.25) is 5.69 Å². The van der Waals surface area contributed by atoms with Gasteiger partial charge in [0.05, 0.1) is 6.20 Å². The molecule has 0 N–H and O–H groups in total. The monoisotopic (exact) mass is 334 g/mol. The highest BCUT2D eigenvalue weighted by atomic mass is 16.5. The number of carbonyl (C=O) groups is 3. The topological polar surface area (TPSA) is 80.5 Å². The molecule has 0 spiro atoms. The third-order valence-electron chi connectivity index (χ3n) is 3.85. The lowest BCUT2D eigenvalue weighted by atomic mass is 10.2. The average molecular weight is 334 g/mol. The molecule has 7 heteroatoms. The van der Waals surface area contributed by atoms with Gasteiger partial charge in [-0.1, -0.05) is 12.1 Å². The number of hydrogen-bond donors (Lipinski definition) is 0. The van der Waals surface area contributed by atoms with Crippen LogP contribution in [0.3, 0.4) is 0 Å². The molecule has 1 aromatic heterocycles. The van der Waals surface area contributed by atoms with Gasteiger partial charge in [-0.25, -0.2) is 9.78 Å². The van der Waals surface area contributed by atoms with Gasteiger partial charge < -0.3 is 4.74 Å². The molecule has 1 aliphatic rings. The van der Waals surface area contributed by atoms with E-state index in [9.17, 15) is 14.4 Å². The summed E-state index contributed by atoms with van der Waals surface area (Å²) >= 11 is 0. The van der Waals surface area contributed by atoms with Crippen molar-refractivity contribution in [3.8, 4) is 5.75 Å². The van der Waals surface area contributed by atoms with Crippen molar-refractivity contribution in [3.63, 3.8) is 0 Å². The number of imide groups is 1. The summed E-state index contributed by atoms with van der Waals surface area (Å²) in [6, 6.07) is 12.8. The van der Waals surface area contributed by atoms with Crippen molar-refractivity contribution in [1.29, 1.82) is 0 Å². The Balaban J connectivity index is 1.77. The van der Waals surface area contributed by atoms with Crippen LogP contribution >= 0.6 is 0 Å². The quantitative estimate of drug-likeness (QED) is 0.407. The van der Waals surface area contributed by atoms with E-state index in [2.05, 4.69) is 4.98 Å². The lowest BCUT2D eigenvalue weighted by molar-refractivity contribution is -0.537. The summed E-state index contributed by atoms with van der Waals surface area (Å²) in [7, 11) is 0. The van der Waals surface area contributed by atoms with Crippen molar-refractivity contribution >= 4 is 34.6 Å². The Hall–Kier alpha value is -3.61. The van der Waals surface area contributed by atoms with Crippen LogP contribution in [0.5, 0.6) is 5.75 Å². The summed E-state index contributed by atoms with van der Waals surface area (Å²) in [5.41, 5.74) is 1.78. The lowest BCUT2D eigenvalue weighted by Gasteiger charge is -2.06. The maximum absolute atomic E-state index is 12.8. The molecule has 7 nitrogen and oxygen atoms in total. The van der Waals surface area contributed by atoms with E-state index in [0.29, 0.717) is 22.5 Å². The van der Waals surface area contributed by atoms with E-state index < -0.39 is 17.9 Å². The molecule has 2 amide bonds. The van der Waals surface area contributed by atoms with E-state index in [1.54, 1.807) is 30.3 Å². The molecular weight excluding hydrogens is 322 g/mol. The van der Waals surface area contributed by atoms with Gasteiger partial charge in [0, 0.05) is 6.92 Å². The van der Waals surface area contributed by atoms with Crippen LogP contribution in [0.15, 0.2) is 54.7 Å². The van der Waals surface area contributed by atoms with Crippen LogP contribution in [-0.4, -0.2) is 22.9 Å². The normalized spacial score (nSPS) is 13.2. The van der Waals surface area contributed by atoms with Gasteiger partial charge in [-0.15, -0.1) is 9.47 Å². The van der Waals surface area contributed by atoms with Gasteiger partial charge in [-0.05, 0) is 36.4 Å². The fourth-order valence-electron chi connectivity index (χ4n) is 2.80. The molecule has 0 radical (unpaired) electrons. The van der Waals surface area contributed by atoms with E-state index in [4.69, 9.17) is 4.74 Å². The zero-order valence-electron chi connectivity index (χ0n) is 13.2. The molecule has 2 aromatic carbocycles. The van der Waals surface area contributed by atoms with Gasteiger partial charge >= 0.3 is 17.9 Å². The predicted molar refractivity (Wildman–Crippen MR) is 87.3 cm³/mol. The maximum atomic E-state index is 12.8. The summed E-state index contributed by atoms with van der Waals surface area (Å²) in [4.78, 5) is 41.8. The Morgan fingerprint density at radius 2 is 1.80 bits per heavy atom. The smallest absolute Gasteiger partial charge is 0.427 e. The van der Waals surface area contributed by atoms with Gasteiger partial charge in [0.1, 0.15) is 17.0 Å². The molecule has 0 atom stereocenters. The highest BCUT2D eigenvalue weighted by molar-refractivity contribution is 6.21. The highest BCUT2D eigenvalue weighted by Gasteiger charge is 2.48. The average Bonchev–Trinajstić information content (AvgIpc) is 2.86. The molecule has 4 rings (SSSR count). The van der Waals surface area contributed by atoms with Crippen LogP contribution < -0.4 is 14.2 Å². The molecule has 0 aliphatic carbocycles. The van der Waals surface area contributed by atoms with E-state index in [1.165, 1.54) is 29.8 Å². The molecule has 25 heavy (non-hydrogen) atoms. The summed E-state index contributed by atoms with van der Waals surface area (Å²) in [6.07, 6.45) is 1.40. The number of anilines is 1. The molecule has 0 bridgehead atoms. The summed E-state index contributed by atoms with van der Waals surface area (Å²) in [5, 5.41) is 0. The van der Waals surface area contributed by atoms with Gasteiger partial charge in [-0.2, -0.15) is 4.79 Å². The second-order valence-corrected chi connectivity index (χ2v) is 5.48. The molecule has 3 aromatic rings. The minimum atomic E-state index is -0.473. The molecule has 0 saturated carbocycles. The lowest BCUT2D eigenvalue weighted by Crippen LogP contribution is -2.46. The largest absolute Gasteiger partial charge is 0.512 e. The molecule has 0 fully saturated rings. The van der Waals surface area contributed by atoms with E-state index >= 15 is 0 Å². The minimum Gasteiger partial charge on any atom is -0.427 e. The second kappa shape index (κ2) is 5.48. The second-order valence-electron chi connectivity index (χ2n) is 5.48. The molecule has 122 valence electrons. The van der Waals surface area contributed by atoms with Crippen LogP contribution in [0.1, 0.15) is 17.4 Å². The molecule has 0 saturated heterocycles. The third-order valence-corrected chi connectivity index (χ3v) is 3.85.